The van der Waals surface area contributed by atoms with Crippen LogP contribution in [-0.4, -0.2) is 48.1 Å². The van der Waals surface area contributed by atoms with E-state index in [1.165, 1.54) is 24.0 Å². The molecule has 118 valence electrons. The predicted molar refractivity (Wildman–Crippen MR) is 90.4 cm³/mol. The Morgan fingerprint density at radius 2 is 1.95 bits per heavy atom. The van der Waals surface area contributed by atoms with Crippen LogP contribution >= 0.6 is 0 Å². The first kappa shape index (κ1) is 16.5. The monoisotopic (exact) mass is 289 g/mol. The second-order valence-electron chi connectivity index (χ2n) is 6.90. The minimum Gasteiger partial charge on any atom is -0.329 e. The highest BCUT2D eigenvalue weighted by Gasteiger charge is 2.37. The second kappa shape index (κ2) is 6.91. The number of hydrogen-bond donors (Lipinski definition) is 1. The van der Waals surface area contributed by atoms with Crippen LogP contribution in [-0.2, 0) is 6.54 Å². The Balaban J connectivity index is 2.03. The van der Waals surface area contributed by atoms with Crippen LogP contribution in [0.25, 0.3) is 0 Å². The average Bonchev–Trinajstić information content (AvgIpc) is 2.47. The van der Waals surface area contributed by atoms with Gasteiger partial charge in [-0.1, -0.05) is 29.8 Å². The number of aryl methyl sites for hydroxylation is 1. The summed E-state index contributed by atoms with van der Waals surface area (Å²) in [6.07, 6.45) is 2.34. The molecule has 0 unspecified atom stereocenters. The molecule has 1 aliphatic rings. The van der Waals surface area contributed by atoms with Crippen LogP contribution in [0.2, 0.25) is 0 Å². The standard InChI is InChI=1S/C18H31N3/c1-15(2)21-10-8-18(14-19,9-11-21)20(4)13-17-7-5-6-16(3)12-17/h5-7,12,15H,8-11,13-14,19H2,1-4H3. The molecule has 2 rings (SSSR count). The molecule has 1 aromatic rings. The molecule has 0 spiro atoms. The molecule has 0 aliphatic carbocycles. The van der Waals surface area contributed by atoms with Gasteiger partial charge in [0.05, 0.1) is 0 Å². The van der Waals surface area contributed by atoms with Gasteiger partial charge in [0.2, 0.25) is 0 Å². The summed E-state index contributed by atoms with van der Waals surface area (Å²) in [6, 6.07) is 9.45. The summed E-state index contributed by atoms with van der Waals surface area (Å²) in [6.45, 7) is 10.8. The maximum absolute atomic E-state index is 6.18. The molecule has 0 atom stereocenters. The van der Waals surface area contributed by atoms with E-state index in [1.807, 2.05) is 0 Å². The molecule has 1 heterocycles. The van der Waals surface area contributed by atoms with Crippen molar-refractivity contribution in [3.63, 3.8) is 0 Å². The molecule has 1 aromatic carbocycles. The summed E-state index contributed by atoms with van der Waals surface area (Å²) in [7, 11) is 2.24. The van der Waals surface area contributed by atoms with Crippen LogP contribution in [0.3, 0.4) is 0 Å². The van der Waals surface area contributed by atoms with E-state index in [9.17, 15) is 0 Å². The van der Waals surface area contributed by atoms with Crippen molar-refractivity contribution in [2.45, 2.75) is 51.7 Å². The van der Waals surface area contributed by atoms with Crippen molar-refractivity contribution >= 4 is 0 Å². The van der Waals surface area contributed by atoms with Crippen LogP contribution in [0.15, 0.2) is 24.3 Å². The molecule has 3 heteroatoms. The topological polar surface area (TPSA) is 32.5 Å². The zero-order valence-electron chi connectivity index (χ0n) is 14.1. The zero-order valence-corrected chi connectivity index (χ0v) is 14.1. The van der Waals surface area contributed by atoms with Gasteiger partial charge in [0, 0.05) is 37.8 Å². The van der Waals surface area contributed by atoms with Gasteiger partial charge in [0.25, 0.3) is 0 Å². The van der Waals surface area contributed by atoms with Crippen molar-refractivity contribution < 1.29 is 0 Å². The quantitative estimate of drug-likeness (QED) is 0.904. The number of piperidine rings is 1. The van der Waals surface area contributed by atoms with Crippen molar-refractivity contribution in [2.24, 2.45) is 5.73 Å². The minimum atomic E-state index is 0.162. The van der Waals surface area contributed by atoms with E-state index in [-0.39, 0.29) is 5.54 Å². The largest absolute Gasteiger partial charge is 0.329 e. The van der Waals surface area contributed by atoms with Gasteiger partial charge in [-0.25, -0.2) is 0 Å². The lowest BCUT2D eigenvalue weighted by Crippen LogP contribution is -2.58. The van der Waals surface area contributed by atoms with E-state index < -0.39 is 0 Å². The second-order valence-corrected chi connectivity index (χ2v) is 6.90. The number of hydrogen-bond acceptors (Lipinski definition) is 3. The molecule has 21 heavy (non-hydrogen) atoms. The molecule has 2 N–H and O–H groups in total. The minimum absolute atomic E-state index is 0.162. The Bertz CT molecular complexity index is 448. The average molecular weight is 289 g/mol. The number of nitrogens with two attached hydrogens (primary N) is 1. The van der Waals surface area contributed by atoms with Gasteiger partial charge in [0.1, 0.15) is 0 Å². The maximum atomic E-state index is 6.18. The Morgan fingerprint density at radius 1 is 1.29 bits per heavy atom. The third kappa shape index (κ3) is 3.85. The lowest BCUT2D eigenvalue weighted by Gasteiger charge is -2.48. The number of rotatable bonds is 5. The highest BCUT2D eigenvalue weighted by Crippen LogP contribution is 2.29. The van der Waals surface area contributed by atoms with Crippen molar-refractivity contribution in [3.05, 3.63) is 35.4 Å². The van der Waals surface area contributed by atoms with E-state index in [4.69, 9.17) is 5.73 Å². The SMILES string of the molecule is Cc1cccc(CN(C)C2(CN)CCN(C(C)C)CC2)c1. The first-order valence-corrected chi connectivity index (χ1v) is 8.18. The van der Waals surface area contributed by atoms with Crippen LogP contribution in [0.4, 0.5) is 0 Å². The predicted octanol–water partition coefficient (Wildman–Crippen LogP) is 2.63. The number of likely N-dealkylation sites (tertiary alicyclic amines) is 1. The summed E-state index contributed by atoms with van der Waals surface area (Å²) < 4.78 is 0. The van der Waals surface area contributed by atoms with Crippen molar-refractivity contribution in [1.82, 2.24) is 9.80 Å². The van der Waals surface area contributed by atoms with Crippen molar-refractivity contribution in [1.29, 1.82) is 0 Å². The smallest absolute Gasteiger partial charge is 0.0356 e. The van der Waals surface area contributed by atoms with Crippen LogP contribution in [0, 0.1) is 6.92 Å². The highest BCUT2D eigenvalue weighted by atomic mass is 15.2. The van der Waals surface area contributed by atoms with E-state index >= 15 is 0 Å². The summed E-state index contributed by atoms with van der Waals surface area (Å²) in [5.41, 5.74) is 9.06. The fraction of sp³-hybridized carbons (Fsp3) is 0.667. The Morgan fingerprint density at radius 3 is 2.48 bits per heavy atom. The highest BCUT2D eigenvalue weighted by molar-refractivity contribution is 5.22. The third-order valence-electron chi connectivity index (χ3n) is 5.15. The summed E-state index contributed by atoms with van der Waals surface area (Å²) in [5.74, 6) is 0. The fourth-order valence-corrected chi connectivity index (χ4v) is 3.45. The van der Waals surface area contributed by atoms with E-state index in [2.05, 4.69) is 61.9 Å². The Kier molecular flexibility index (Phi) is 5.42. The van der Waals surface area contributed by atoms with Crippen LogP contribution in [0.5, 0.6) is 0 Å². The number of likely N-dealkylation sites (N-methyl/N-ethyl adjacent to an activating group) is 1. The molecule has 0 aromatic heterocycles. The van der Waals surface area contributed by atoms with Crippen molar-refractivity contribution in [3.8, 4) is 0 Å². The van der Waals surface area contributed by atoms with Gasteiger partial charge in [-0.05, 0) is 46.2 Å². The lowest BCUT2D eigenvalue weighted by molar-refractivity contribution is 0.0298. The first-order valence-electron chi connectivity index (χ1n) is 8.18. The molecular weight excluding hydrogens is 258 g/mol. The van der Waals surface area contributed by atoms with Gasteiger partial charge >= 0.3 is 0 Å². The summed E-state index contributed by atoms with van der Waals surface area (Å²) in [4.78, 5) is 5.05. The Hall–Kier alpha value is -0.900. The van der Waals surface area contributed by atoms with Crippen LogP contribution < -0.4 is 5.73 Å². The molecular formula is C18H31N3. The first-order chi connectivity index (χ1) is 9.97. The van der Waals surface area contributed by atoms with E-state index in [0.29, 0.717) is 6.04 Å². The van der Waals surface area contributed by atoms with E-state index in [1.54, 1.807) is 0 Å². The normalized spacial score (nSPS) is 19.4. The molecule has 1 fully saturated rings. The number of nitrogens with zero attached hydrogens (tertiary/aromatic N) is 2. The maximum Gasteiger partial charge on any atom is 0.0356 e. The van der Waals surface area contributed by atoms with Crippen molar-refractivity contribution in [2.75, 3.05) is 26.7 Å². The van der Waals surface area contributed by atoms with Gasteiger partial charge in [-0.3, -0.25) is 4.90 Å². The molecule has 1 aliphatic heterocycles. The lowest BCUT2D eigenvalue weighted by atomic mass is 9.85. The Labute approximate surface area is 130 Å². The molecule has 0 saturated carbocycles. The number of benzene rings is 1. The van der Waals surface area contributed by atoms with Gasteiger partial charge in [0.15, 0.2) is 0 Å². The molecule has 0 radical (unpaired) electrons. The van der Waals surface area contributed by atoms with Gasteiger partial charge < -0.3 is 10.6 Å². The molecule has 0 bridgehead atoms. The molecule has 0 amide bonds. The van der Waals surface area contributed by atoms with Gasteiger partial charge in [-0.2, -0.15) is 0 Å². The van der Waals surface area contributed by atoms with Crippen LogP contribution in [0.1, 0.15) is 37.8 Å². The molecule has 1 saturated heterocycles. The molecule has 3 nitrogen and oxygen atoms in total. The summed E-state index contributed by atoms with van der Waals surface area (Å²) in [5, 5.41) is 0. The fourth-order valence-electron chi connectivity index (χ4n) is 3.45. The third-order valence-corrected chi connectivity index (χ3v) is 5.15. The van der Waals surface area contributed by atoms with Gasteiger partial charge in [-0.15, -0.1) is 0 Å². The zero-order chi connectivity index (χ0) is 15.5. The summed E-state index contributed by atoms with van der Waals surface area (Å²) >= 11 is 0. The van der Waals surface area contributed by atoms with E-state index in [0.717, 1.165) is 26.2 Å².